The molecule has 0 atom stereocenters. The van der Waals surface area contributed by atoms with Gasteiger partial charge in [0.15, 0.2) is 5.96 Å². The molecule has 0 fully saturated rings. The van der Waals surface area contributed by atoms with Crippen LogP contribution in [0.15, 0.2) is 17.1 Å². The fourth-order valence-corrected chi connectivity index (χ4v) is 2.31. The molecule has 1 aromatic rings. The van der Waals surface area contributed by atoms with Crippen molar-refractivity contribution in [1.82, 2.24) is 10.6 Å². The molecule has 0 radical (unpaired) electrons. The largest absolute Gasteiger partial charge is 0.496 e. The zero-order valence-corrected chi connectivity index (χ0v) is 18.1. The number of aliphatic imine (C=N–C) groups is 1. The average molecular weight is 469 g/mol. The molecule has 0 saturated heterocycles. The van der Waals surface area contributed by atoms with E-state index in [0.29, 0.717) is 23.8 Å². The number of methoxy groups -OCH3 is 3. The number of thioether (sulfide) groups is 1. The fourth-order valence-electron chi connectivity index (χ4n) is 2.01. The van der Waals surface area contributed by atoms with Crippen molar-refractivity contribution in [1.29, 1.82) is 0 Å². The lowest BCUT2D eigenvalue weighted by Gasteiger charge is -2.15. The molecule has 0 aliphatic heterocycles. The molecule has 24 heavy (non-hydrogen) atoms. The van der Waals surface area contributed by atoms with E-state index in [2.05, 4.69) is 21.9 Å². The predicted molar refractivity (Wildman–Crippen MR) is 113 cm³/mol. The normalized spacial score (nSPS) is 10.6. The van der Waals surface area contributed by atoms with E-state index in [1.165, 1.54) is 0 Å². The Morgan fingerprint density at radius 1 is 1.08 bits per heavy atom. The highest BCUT2D eigenvalue weighted by atomic mass is 127. The minimum Gasteiger partial charge on any atom is -0.496 e. The van der Waals surface area contributed by atoms with Gasteiger partial charge in [-0.1, -0.05) is 0 Å². The summed E-state index contributed by atoms with van der Waals surface area (Å²) in [5, 5.41) is 6.53. The Kier molecular flexibility index (Phi) is 12.7. The van der Waals surface area contributed by atoms with Crippen LogP contribution in [0.3, 0.4) is 0 Å². The van der Waals surface area contributed by atoms with Crippen molar-refractivity contribution in [2.45, 2.75) is 13.5 Å². The molecule has 0 heterocycles. The van der Waals surface area contributed by atoms with E-state index in [0.717, 1.165) is 30.4 Å². The molecule has 1 aromatic carbocycles. The molecule has 0 amide bonds. The number of benzene rings is 1. The number of rotatable bonds is 9. The van der Waals surface area contributed by atoms with Gasteiger partial charge in [-0.25, -0.2) is 4.99 Å². The van der Waals surface area contributed by atoms with Crippen LogP contribution in [0, 0.1) is 0 Å². The van der Waals surface area contributed by atoms with Crippen LogP contribution in [0.25, 0.3) is 0 Å². The SMILES string of the molecule is CCNC(=NCc1c(OC)cc(OC)cc1OC)NCCSC.I. The van der Waals surface area contributed by atoms with Crippen molar-refractivity contribution in [3.05, 3.63) is 17.7 Å². The summed E-state index contributed by atoms with van der Waals surface area (Å²) in [6, 6.07) is 3.67. The Bertz CT molecular complexity index is 490. The van der Waals surface area contributed by atoms with Gasteiger partial charge in [-0.3, -0.25) is 0 Å². The summed E-state index contributed by atoms with van der Waals surface area (Å²) in [6.07, 6.45) is 2.08. The van der Waals surface area contributed by atoms with Crippen molar-refractivity contribution >= 4 is 41.7 Å². The summed E-state index contributed by atoms with van der Waals surface area (Å²) in [7, 11) is 4.87. The molecular formula is C16H28IN3O3S. The van der Waals surface area contributed by atoms with Crippen molar-refractivity contribution in [2.24, 2.45) is 4.99 Å². The summed E-state index contributed by atoms with van der Waals surface area (Å²) in [4.78, 5) is 4.61. The van der Waals surface area contributed by atoms with Crippen LogP contribution in [0.4, 0.5) is 0 Å². The number of nitrogens with one attached hydrogen (secondary N) is 2. The van der Waals surface area contributed by atoms with Crippen LogP contribution in [-0.2, 0) is 6.54 Å². The first-order valence-electron chi connectivity index (χ1n) is 7.50. The second-order valence-corrected chi connectivity index (χ2v) is 5.61. The number of guanidine groups is 1. The van der Waals surface area contributed by atoms with Crippen LogP contribution >= 0.6 is 35.7 Å². The molecule has 0 saturated carbocycles. The lowest BCUT2D eigenvalue weighted by atomic mass is 10.1. The van der Waals surface area contributed by atoms with Crippen molar-refractivity contribution in [2.75, 3.05) is 46.4 Å². The second-order valence-electron chi connectivity index (χ2n) is 4.63. The summed E-state index contributed by atoms with van der Waals surface area (Å²) >= 11 is 1.79. The van der Waals surface area contributed by atoms with Gasteiger partial charge in [0.25, 0.3) is 0 Å². The molecule has 1 rings (SSSR count). The van der Waals surface area contributed by atoms with Crippen LogP contribution < -0.4 is 24.8 Å². The Hall–Kier alpha value is -1.03. The van der Waals surface area contributed by atoms with Gasteiger partial charge in [0.2, 0.25) is 0 Å². The zero-order chi connectivity index (χ0) is 17.1. The van der Waals surface area contributed by atoms with Gasteiger partial charge in [0.1, 0.15) is 17.2 Å². The molecule has 0 aliphatic carbocycles. The first-order chi connectivity index (χ1) is 11.2. The van der Waals surface area contributed by atoms with Crippen LogP contribution in [0.5, 0.6) is 17.2 Å². The quantitative estimate of drug-likeness (QED) is 0.251. The van der Waals surface area contributed by atoms with Gasteiger partial charge < -0.3 is 24.8 Å². The van der Waals surface area contributed by atoms with E-state index in [-0.39, 0.29) is 24.0 Å². The number of nitrogens with zero attached hydrogens (tertiary/aromatic N) is 1. The highest BCUT2D eigenvalue weighted by Gasteiger charge is 2.13. The third-order valence-electron chi connectivity index (χ3n) is 3.16. The summed E-state index contributed by atoms with van der Waals surface area (Å²) in [6.45, 7) is 4.16. The van der Waals surface area contributed by atoms with E-state index < -0.39 is 0 Å². The molecular weight excluding hydrogens is 441 g/mol. The minimum absolute atomic E-state index is 0. The maximum absolute atomic E-state index is 5.45. The predicted octanol–water partition coefficient (Wildman–Crippen LogP) is 2.75. The minimum atomic E-state index is 0. The van der Waals surface area contributed by atoms with Gasteiger partial charge in [-0.05, 0) is 13.2 Å². The second kappa shape index (κ2) is 13.3. The maximum atomic E-state index is 5.45. The summed E-state index contributed by atoms with van der Waals surface area (Å²) in [5.74, 6) is 3.90. The molecule has 0 aromatic heterocycles. The summed E-state index contributed by atoms with van der Waals surface area (Å²) < 4.78 is 16.2. The van der Waals surface area contributed by atoms with Gasteiger partial charge in [-0.2, -0.15) is 11.8 Å². The highest BCUT2D eigenvalue weighted by molar-refractivity contribution is 14.0. The number of hydrogen-bond acceptors (Lipinski definition) is 5. The van der Waals surface area contributed by atoms with E-state index in [1.54, 1.807) is 33.1 Å². The average Bonchev–Trinajstić information content (AvgIpc) is 2.58. The van der Waals surface area contributed by atoms with Crippen LogP contribution in [0.2, 0.25) is 0 Å². The van der Waals surface area contributed by atoms with Gasteiger partial charge >= 0.3 is 0 Å². The van der Waals surface area contributed by atoms with Gasteiger partial charge in [-0.15, -0.1) is 24.0 Å². The van der Waals surface area contributed by atoms with Crippen molar-refractivity contribution in [3.8, 4) is 17.2 Å². The fraction of sp³-hybridized carbons (Fsp3) is 0.562. The number of hydrogen-bond donors (Lipinski definition) is 2. The van der Waals surface area contributed by atoms with E-state index in [9.17, 15) is 0 Å². The molecule has 6 nitrogen and oxygen atoms in total. The number of halogens is 1. The Morgan fingerprint density at radius 3 is 2.17 bits per heavy atom. The molecule has 0 bridgehead atoms. The first-order valence-corrected chi connectivity index (χ1v) is 8.89. The smallest absolute Gasteiger partial charge is 0.191 e. The van der Waals surface area contributed by atoms with E-state index in [1.807, 2.05) is 19.1 Å². The Balaban J connectivity index is 0.00000529. The summed E-state index contributed by atoms with van der Waals surface area (Å²) in [5.41, 5.74) is 0.887. The molecule has 2 N–H and O–H groups in total. The van der Waals surface area contributed by atoms with E-state index >= 15 is 0 Å². The Labute approximate surface area is 166 Å². The molecule has 0 spiro atoms. The standard InChI is InChI=1S/C16H27N3O3S.HI/c1-6-17-16(18-7-8-23-5)19-11-13-14(21-3)9-12(20-2)10-15(13)22-4;/h9-10H,6-8,11H2,1-5H3,(H2,17,18,19);1H. The monoisotopic (exact) mass is 469 g/mol. The lowest BCUT2D eigenvalue weighted by Crippen LogP contribution is -2.38. The molecule has 8 heteroatoms. The third kappa shape index (κ3) is 7.25. The molecule has 0 unspecified atom stereocenters. The van der Waals surface area contributed by atoms with Gasteiger partial charge in [0.05, 0.1) is 33.4 Å². The zero-order valence-electron chi connectivity index (χ0n) is 15.0. The van der Waals surface area contributed by atoms with Gasteiger partial charge in [0, 0.05) is 31.0 Å². The lowest BCUT2D eigenvalue weighted by molar-refractivity contribution is 0.369. The molecule has 138 valence electrons. The van der Waals surface area contributed by atoms with Crippen molar-refractivity contribution in [3.63, 3.8) is 0 Å². The Morgan fingerprint density at radius 2 is 1.71 bits per heavy atom. The topological polar surface area (TPSA) is 64.1 Å². The first kappa shape index (κ1) is 23.0. The highest BCUT2D eigenvalue weighted by Crippen LogP contribution is 2.34. The molecule has 0 aliphatic rings. The van der Waals surface area contributed by atoms with E-state index in [4.69, 9.17) is 14.2 Å². The number of ether oxygens (including phenoxy) is 3. The van der Waals surface area contributed by atoms with Crippen molar-refractivity contribution < 1.29 is 14.2 Å². The third-order valence-corrected chi connectivity index (χ3v) is 3.77. The van der Waals surface area contributed by atoms with Crippen LogP contribution in [0.1, 0.15) is 12.5 Å². The van der Waals surface area contributed by atoms with Crippen LogP contribution in [-0.4, -0.2) is 52.4 Å². The maximum Gasteiger partial charge on any atom is 0.191 e.